The summed E-state index contributed by atoms with van der Waals surface area (Å²) in [7, 11) is 0. The fourth-order valence-electron chi connectivity index (χ4n) is 5.68. The minimum Gasteiger partial charge on any atom is -0.349 e. The summed E-state index contributed by atoms with van der Waals surface area (Å²) in [5.74, 6) is 0.721. The first-order chi connectivity index (χ1) is 17.0. The lowest BCUT2D eigenvalue weighted by molar-refractivity contribution is -0.128. The number of rotatable bonds is 9. The number of hydrogen-bond donors (Lipinski definition) is 1. The molecule has 5 nitrogen and oxygen atoms in total. The molecular formula is C29H36FN3O2. The Labute approximate surface area is 207 Å². The number of carbonyl (C=O) groups excluding carboxylic acids is 2. The molecular weight excluding hydrogens is 441 g/mol. The summed E-state index contributed by atoms with van der Waals surface area (Å²) in [6.45, 7) is 4.25. The molecule has 0 radical (unpaired) electrons. The highest BCUT2D eigenvalue weighted by Crippen LogP contribution is 2.41. The molecule has 0 aromatic heterocycles. The number of benzene rings is 2. The number of piperidine rings is 1. The van der Waals surface area contributed by atoms with Crippen LogP contribution in [-0.4, -0.2) is 47.8 Å². The van der Waals surface area contributed by atoms with Crippen LogP contribution >= 0.6 is 0 Å². The number of carbonyl (C=O) groups is 2. The van der Waals surface area contributed by atoms with Gasteiger partial charge in [0.25, 0.3) is 0 Å². The minimum atomic E-state index is -0.248. The van der Waals surface area contributed by atoms with Gasteiger partial charge in [-0.3, -0.25) is 9.59 Å². The van der Waals surface area contributed by atoms with E-state index in [4.69, 9.17) is 0 Å². The smallest absolute Gasteiger partial charge is 0.223 e. The van der Waals surface area contributed by atoms with E-state index < -0.39 is 0 Å². The van der Waals surface area contributed by atoms with Gasteiger partial charge in [-0.2, -0.15) is 0 Å². The maximum Gasteiger partial charge on any atom is 0.223 e. The Kier molecular flexibility index (Phi) is 7.19. The Balaban J connectivity index is 1.12. The Morgan fingerprint density at radius 2 is 1.77 bits per heavy atom. The van der Waals surface area contributed by atoms with Gasteiger partial charge in [-0.05, 0) is 79.8 Å². The van der Waals surface area contributed by atoms with Crippen LogP contribution in [0.25, 0.3) is 0 Å². The summed E-state index contributed by atoms with van der Waals surface area (Å²) in [4.78, 5) is 29.7. The van der Waals surface area contributed by atoms with Gasteiger partial charge in [0.05, 0.1) is 6.04 Å². The lowest BCUT2D eigenvalue weighted by Gasteiger charge is -2.39. The molecule has 2 heterocycles. The van der Waals surface area contributed by atoms with Crippen molar-refractivity contribution in [3.63, 3.8) is 0 Å². The summed E-state index contributed by atoms with van der Waals surface area (Å²) in [5, 5.41) is 3.29. The fraction of sp³-hybridized carbons (Fsp3) is 0.517. The molecule has 2 aliphatic heterocycles. The number of hydrogen-bond acceptors (Lipinski definition) is 3. The van der Waals surface area contributed by atoms with E-state index in [1.807, 2.05) is 23.1 Å². The van der Waals surface area contributed by atoms with Crippen LogP contribution in [-0.2, 0) is 16.1 Å². The lowest BCUT2D eigenvalue weighted by atomic mass is 9.77. The monoisotopic (exact) mass is 477 g/mol. The molecule has 2 aromatic rings. The van der Waals surface area contributed by atoms with E-state index >= 15 is 0 Å². The van der Waals surface area contributed by atoms with Crippen LogP contribution in [0.3, 0.4) is 0 Å². The van der Waals surface area contributed by atoms with E-state index in [-0.39, 0.29) is 29.1 Å². The average molecular weight is 478 g/mol. The van der Waals surface area contributed by atoms with Crippen molar-refractivity contribution >= 4 is 11.8 Å². The number of nitrogens with zero attached hydrogens (tertiary/aromatic N) is 2. The van der Waals surface area contributed by atoms with E-state index in [0.29, 0.717) is 25.3 Å². The van der Waals surface area contributed by atoms with Crippen molar-refractivity contribution in [2.24, 2.45) is 11.3 Å². The van der Waals surface area contributed by atoms with E-state index in [2.05, 4.69) is 22.3 Å². The summed E-state index contributed by atoms with van der Waals surface area (Å²) in [6.07, 6.45) is 6.56. The molecule has 3 aliphatic rings. The molecule has 1 spiro atoms. The molecule has 1 unspecified atom stereocenters. The number of amides is 2. The molecule has 2 amide bonds. The van der Waals surface area contributed by atoms with Gasteiger partial charge >= 0.3 is 0 Å². The minimum absolute atomic E-state index is 0.0394. The number of halogens is 1. The molecule has 2 aromatic carbocycles. The second kappa shape index (κ2) is 10.5. The van der Waals surface area contributed by atoms with E-state index in [0.717, 1.165) is 51.0 Å². The van der Waals surface area contributed by atoms with Crippen molar-refractivity contribution in [3.8, 4) is 0 Å². The molecule has 1 atom stereocenters. The molecule has 2 saturated heterocycles. The normalized spacial score (nSPS) is 20.8. The molecule has 5 rings (SSSR count). The van der Waals surface area contributed by atoms with Gasteiger partial charge in [0.1, 0.15) is 5.82 Å². The maximum atomic E-state index is 13.2. The quantitative estimate of drug-likeness (QED) is 0.570. The van der Waals surface area contributed by atoms with E-state index in [1.165, 1.54) is 30.5 Å². The molecule has 35 heavy (non-hydrogen) atoms. The average Bonchev–Trinajstić information content (AvgIpc) is 3.62. The van der Waals surface area contributed by atoms with Crippen molar-refractivity contribution in [2.75, 3.05) is 26.2 Å². The van der Waals surface area contributed by atoms with Crippen LogP contribution in [0.5, 0.6) is 0 Å². The Morgan fingerprint density at radius 1 is 1.06 bits per heavy atom. The molecule has 1 aliphatic carbocycles. The van der Waals surface area contributed by atoms with E-state index in [9.17, 15) is 14.0 Å². The van der Waals surface area contributed by atoms with Crippen molar-refractivity contribution < 1.29 is 14.0 Å². The molecule has 1 saturated carbocycles. The van der Waals surface area contributed by atoms with Crippen molar-refractivity contribution in [3.05, 3.63) is 71.5 Å². The summed E-state index contributed by atoms with van der Waals surface area (Å²) >= 11 is 0. The zero-order valence-electron chi connectivity index (χ0n) is 20.4. The van der Waals surface area contributed by atoms with Gasteiger partial charge < -0.3 is 15.1 Å². The predicted molar refractivity (Wildman–Crippen MR) is 134 cm³/mol. The van der Waals surface area contributed by atoms with Gasteiger partial charge in [-0.25, -0.2) is 4.39 Å². The van der Waals surface area contributed by atoms with Gasteiger partial charge in [0.15, 0.2) is 0 Å². The van der Waals surface area contributed by atoms with Crippen LogP contribution < -0.4 is 5.32 Å². The van der Waals surface area contributed by atoms with Gasteiger partial charge in [-0.1, -0.05) is 42.5 Å². The molecule has 6 heteroatoms. The first-order valence-corrected chi connectivity index (χ1v) is 13.1. The van der Waals surface area contributed by atoms with Crippen LogP contribution in [0.2, 0.25) is 0 Å². The highest BCUT2D eigenvalue weighted by molar-refractivity contribution is 5.79. The van der Waals surface area contributed by atoms with Crippen LogP contribution in [0.4, 0.5) is 4.39 Å². The maximum absolute atomic E-state index is 13.2. The molecule has 3 fully saturated rings. The molecule has 1 N–H and O–H groups in total. The third-order valence-electron chi connectivity index (χ3n) is 8.05. The highest BCUT2D eigenvalue weighted by atomic mass is 19.1. The Morgan fingerprint density at radius 3 is 2.46 bits per heavy atom. The summed E-state index contributed by atoms with van der Waals surface area (Å²) < 4.78 is 13.2. The molecule has 186 valence electrons. The first-order valence-electron chi connectivity index (χ1n) is 13.1. The topological polar surface area (TPSA) is 52.7 Å². The van der Waals surface area contributed by atoms with Crippen LogP contribution in [0, 0.1) is 17.2 Å². The standard InChI is InChI=1S/C29H36FN3O2/c30-25-10-8-23(9-11-25)20-33-21-29(19-28(33)35)13-16-32(17-14-29)15-12-26(24-4-2-1-3-5-24)31-27(34)18-22-6-7-22/h1-5,8-11,22,26H,6-7,12-21H2,(H,31,34). The largest absolute Gasteiger partial charge is 0.349 e. The lowest BCUT2D eigenvalue weighted by Crippen LogP contribution is -2.42. The van der Waals surface area contributed by atoms with E-state index in [1.54, 1.807) is 12.1 Å². The predicted octanol–water partition coefficient (Wildman–Crippen LogP) is 4.69. The van der Waals surface area contributed by atoms with Gasteiger partial charge in [0, 0.05) is 32.5 Å². The Bertz CT molecular complexity index is 1010. The number of likely N-dealkylation sites (tertiary alicyclic amines) is 2. The first kappa shape index (κ1) is 24.0. The third kappa shape index (κ3) is 6.29. The van der Waals surface area contributed by atoms with Crippen molar-refractivity contribution in [2.45, 2.75) is 57.5 Å². The zero-order valence-corrected chi connectivity index (χ0v) is 20.4. The Hall–Kier alpha value is -2.73. The van der Waals surface area contributed by atoms with Crippen LogP contribution in [0.1, 0.15) is 62.1 Å². The fourth-order valence-corrected chi connectivity index (χ4v) is 5.68. The van der Waals surface area contributed by atoms with Gasteiger partial charge in [-0.15, -0.1) is 0 Å². The molecule has 0 bridgehead atoms. The summed E-state index contributed by atoms with van der Waals surface area (Å²) in [6, 6.07) is 16.8. The second-order valence-electron chi connectivity index (χ2n) is 10.9. The second-order valence-corrected chi connectivity index (χ2v) is 10.9. The van der Waals surface area contributed by atoms with Gasteiger partial charge in [0.2, 0.25) is 11.8 Å². The summed E-state index contributed by atoms with van der Waals surface area (Å²) in [5.41, 5.74) is 2.21. The van der Waals surface area contributed by atoms with Crippen LogP contribution in [0.15, 0.2) is 54.6 Å². The highest BCUT2D eigenvalue weighted by Gasteiger charge is 2.44. The SMILES string of the molecule is O=C(CC1CC1)NC(CCN1CCC2(CC1)CC(=O)N(Cc1ccc(F)cc1)C2)c1ccccc1. The zero-order chi connectivity index (χ0) is 24.3. The van der Waals surface area contributed by atoms with Crippen molar-refractivity contribution in [1.29, 1.82) is 0 Å². The number of nitrogens with one attached hydrogen (secondary N) is 1. The van der Waals surface area contributed by atoms with Crippen molar-refractivity contribution in [1.82, 2.24) is 15.1 Å². The third-order valence-corrected chi connectivity index (χ3v) is 8.05.